The lowest BCUT2D eigenvalue weighted by atomic mass is 10.1. The van der Waals surface area contributed by atoms with Gasteiger partial charge in [-0.25, -0.2) is 9.97 Å². The molecular weight excluding hydrogens is 334 g/mol. The molecule has 134 valence electrons. The molecule has 0 bridgehead atoms. The first-order chi connectivity index (χ1) is 12.6. The second-order valence-electron chi connectivity index (χ2n) is 5.84. The Labute approximate surface area is 149 Å². The van der Waals surface area contributed by atoms with E-state index in [2.05, 4.69) is 9.97 Å². The van der Waals surface area contributed by atoms with Crippen molar-refractivity contribution in [3.8, 4) is 5.75 Å². The van der Waals surface area contributed by atoms with Crippen LogP contribution in [0.2, 0.25) is 0 Å². The molecule has 7 nitrogen and oxygen atoms in total. The molecule has 1 unspecified atom stereocenters. The fourth-order valence-corrected chi connectivity index (χ4v) is 2.54. The molecule has 1 atom stereocenters. The van der Waals surface area contributed by atoms with Crippen LogP contribution in [0.25, 0.3) is 11.0 Å². The van der Waals surface area contributed by atoms with Gasteiger partial charge < -0.3 is 9.84 Å². The molecule has 0 spiro atoms. The molecule has 0 amide bonds. The minimum absolute atomic E-state index is 0.0125. The van der Waals surface area contributed by atoms with Crippen LogP contribution in [-0.2, 0) is 6.54 Å². The summed E-state index contributed by atoms with van der Waals surface area (Å²) in [6.45, 7) is 1.88. The predicted octanol–water partition coefficient (Wildman–Crippen LogP) is 1.82. The maximum absolute atomic E-state index is 12.4. The van der Waals surface area contributed by atoms with E-state index in [1.165, 1.54) is 10.9 Å². The van der Waals surface area contributed by atoms with Crippen LogP contribution in [0.4, 0.5) is 0 Å². The van der Waals surface area contributed by atoms with Crippen LogP contribution in [-0.4, -0.2) is 38.1 Å². The molecule has 1 aromatic carbocycles. The minimum atomic E-state index is -0.888. The van der Waals surface area contributed by atoms with Crippen molar-refractivity contribution >= 4 is 16.8 Å². The van der Waals surface area contributed by atoms with Gasteiger partial charge in [-0.05, 0) is 36.4 Å². The number of carbonyl (C=O) groups is 1. The fourth-order valence-electron chi connectivity index (χ4n) is 2.54. The van der Waals surface area contributed by atoms with Gasteiger partial charge in [-0.15, -0.1) is 0 Å². The van der Waals surface area contributed by atoms with Crippen LogP contribution in [0.5, 0.6) is 5.75 Å². The highest BCUT2D eigenvalue weighted by Crippen LogP contribution is 2.14. The molecule has 3 aromatic rings. The lowest BCUT2D eigenvalue weighted by molar-refractivity contribution is 0.0913. The largest absolute Gasteiger partial charge is 0.491 e. The number of carbonyl (C=O) groups excluding carboxylic acids is 1. The SMILES string of the molecule is CCC(=O)c1ccc(OCC(O)Cn2cnc3ncccc3c2=O)cc1. The number of nitrogens with zero attached hydrogens (tertiary/aromatic N) is 3. The number of Topliss-reactive ketones (excluding diaryl/α,β-unsaturated/α-hetero) is 1. The van der Waals surface area contributed by atoms with Gasteiger partial charge in [0.25, 0.3) is 5.56 Å². The Morgan fingerprint density at radius 3 is 2.73 bits per heavy atom. The number of aliphatic hydroxyl groups excluding tert-OH is 1. The van der Waals surface area contributed by atoms with Gasteiger partial charge in [0.2, 0.25) is 0 Å². The van der Waals surface area contributed by atoms with Crippen LogP contribution >= 0.6 is 0 Å². The van der Waals surface area contributed by atoms with Crippen molar-refractivity contribution in [2.75, 3.05) is 6.61 Å². The van der Waals surface area contributed by atoms with E-state index in [1.807, 2.05) is 6.92 Å². The molecule has 3 rings (SSSR count). The maximum atomic E-state index is 12.4. The molecule has 0 fully saturated rings. The number of ketones is 1. The Morgan fingerprint density at radius 2 is 2.00 bits per heavy atom. The van der Waals surface area contributed by atoms with E-state index in [-0.39, 0.29) is 24.5 Å². The van der Waals surface area contributed by atoms with Crippen molar-refractivity contribution in [3.05, 3.63) is 64.8 Å². The third-order valence-corrected chi connectivity index (χ3v) is 3.94. The molecule has 0 aliphatic rings. The highest BCUT2D eigenvalue weighted by atomic mass is 16.5. The van der Waals surface area contributed by atoms with E-state index in [4.69, 9.17) is 4.74 Å². The Balaban J connectivity index is 1.62. The quantitative estimate of drug-likeness (QED) is 0.651. The van der Waals surface area contributed by atoms with Gasteiger partial charge in [0.15, 0.2) is 11.4 Å². The van der Waals surface area contributed by atoms with Crippen LogP contribution in [0.15, 0.2) is 53.7 Å². The van der Waals surface area contributed by atoms with E-state index < -0.39 is 6.10 Å². The predicted molar refractivity (Wildman–Crippen MR) is 96.4 cm³/mol. The van der Waals surface area contributed by atoms with Gasteiger partial charge >= 0.3 is 0 Å². The second kappa shape index (κ2) is 7.88. The number of ether oxygens (including phenoxy) is 1. The summed E-state index contributed by atoms with van der Waals surface area (Å²) in [6.07, 6.45) is 2.50. The number of pyridine rings is 1. The lowest BCUT2D eigenvalue weighted by Crippen LogP contribution is -2.30. The zero-order valence-electron chi connectivity index (χ0n) is 14.3. The van der Waals surface area contributed by atoms with Crippen LogP contribution in [0, 0.1) is 0 Å². The molecule has 2 heterocycles. The maximum Gasteiger partial charge on any atom is 0.262 e. The Kier molecular flexibility index (Phi) is 5.38. The summed E-state index contributed by atoms with van der Waals surface area (Å²) in [4.78, 5) is 32.1. The van der Waals surface area contributed by atoms with E-state index >= 15 is 0 Å². The van der Waals surface area contributed by atoms with E-state index in [9.17, 15) is 14.7 Å². The van der Waals surface area contributed by atoms with Crippen molar-refractivity contribution in [2.24, 2.45) is 0 Å². The Morgan fingerprint density at radius 1 is 1.23 bits per heavy atom. The van der Waals surface area contributed by atoms with Crippen LogP contribution in [0.3, 0.4) is 0 Å². The van der Waals surface area contributed by atoms with Gasteiger partial charge in [0, 0.05) is 18.2 Å². The monoisotopic (exact) mass is 353 g/mol. The Hall–Kier alpha value is -3.06. The molecule has 0 saturated heterocycles. The molecular formula is C19H19N3O4. The number of benzene rings is 1. The summed E-state index contributed by atoms with van der Waals surface area (Å²) in [6, 6.07) is 10.1. The van der Waals surface area contributed by atoms with Crippen molar-refractivity contribution in [1.82, 2.24) is 14.5 Å². The molecule has 26 heavy (non-hydrogen) atoms. The number of hydrogen-bond donors (Lipinski definition) is 1. The average Bonchev–Trinajstić information content (AvgIpc) is 2.68. The number of aliphatic hydroxyl groups is 1. The Bertz CT molecular complexity index is 966. The third-order valence-electron chi connectivity index (χ3n) is 3.94. The summed E-state index contributed by atoms with van der Waals surface area (Å²) in [7, 11) is 0. The average molecular weight is 353 g/mol. The van der Waals surface area contributed by atoms with Crippen molar-refractivity contribution in [3.63, 3.8) is 0 Å². The molecule has 0 radical (unpaired) electrons. The standard InChI is InChI=1S/C19H19N3O4/c1-2-17(24)13-5-7-15(8-6-13)26-11-14(23)10-22-12-21-18-16(19(22)25)4-3-9-20-18/h3-9,12,14,23H,2,10-11H2,1H3. The normalized spacial score (nSPS) is 12.1. The van der Waals surface area contributed by atoms with Crippen LogP contribution in [0.1, 0.15) is 23.7 Å². The van der Waals surface area contributed by atoms with Gasteiger partial charge in [-0.2, -0.15) is 0 Å². The first-order valence-corrected chi connectivity index (χ1v) is 8.32. The zero-order valence-corrected chi connectivity index (χ0v) is 14.3. The van der Waals surface area contributed by atoms with E-state index in [0.717, 1.165) is 0 Å². The first kappa shape index (κ1) is 17.8. The highest BCUT2D eigenvalue weighted by molar-refractivity contribution is 5.95. The van der Waals surface area contributed by atoms with E-state index in [1.54, 1.807) is 42.6 Å². The molecule has 7 heteroatoms. The molecule has 2 aromatic heterocycles. The summed E-state index contributed by atoms with van der Waals surface area (Å²) >= 11 is 0. The lowest BCUT2D eigenvalue weighted by Gasteiger charge is -2.14. The second-order valence-corrected chi connectivity index (χ2v) is 5.84. The van der Waals surface area contributed by atoms with E-state index in [0.29, 0.717) is 28.8 Å². The summed E-state index contributed by atoms with van der Waals surface area (Å²) < 4.78 is 6.86. The van der Waals surface area contributed by atoms with Gasteiger partial charge in [0.1, 0.15) is 24.8 Å². The van der Waals surface area contributed by atoms with Crippen molar-refractivity contribution < 1.29 is 14.6 Å². The van der Waals surface area contributed by atoms with Crippen molar-refractivity contribution in [2.45, 2.75) is 26.0 Å². The highest BCUT2D eigenvalue weighted by Gasteiger charge is 2.11. The molecule has 1 N–H and O–H groups in total. The number of rotatable bonds is 7. The number of aromatic nitrogens is 3. The smallest absolute Gasteiger partial charge is 0.262 e. The summed E-state index contributed by atoms with van der Waals surface area (Å²) in [5.74, 6) is 0.610. The summed E-state index contributed by atoms with van der Waals surface area (Å²) in [5.41, 5.74) is 0.744. The minimum Gasteiger partial charge on any atom is -0.491 e. The number of fused-ring (bicyclic) bond motifs is 1. The van der Waals surface area contributed by atoms with Gasteiger partial charge in [0.05, 0.1) is 11.9 Å². The van der Waals surface area contributed by atoms with Crippen molar-refractivity contribution in [1.29, 1.82) is 0 Å². The van der Waals surface area contributed by atoms with Gasteiger partial charge in [-0.3, -0.25) is 14.2 Å². The first-order valence-electron chi connectivity index (χ1n) is 8.32. The third kappa shape index (κ3) is 3.94. The summed E-state index contributed by atoms with van der Waals surface area (Å²) in [5, 5.41) is 10.6. The number of hydrogen-bond acceptors (Lipinski definition) is 6. The molecule has 0 saturated carbocycles. The van der Waals surface area contributed by atoms with Gasteiger partial charge in [-0.1, -0.05) is 6.92 Å². The fraction of sp³-hybridized carbons (Fsp3) is 0.263. The topological polar surface area (TPSA) is 94.3 Å². The molecule has 0 aliphatic carbocycles. The molecule has 0 aliphatic heterocycles. The van der Waals surface area contributed by atoms with Crippen LogP contribution < -0.4 is 10.3 Å². The zero-order chi connectivity index (χ0) is 18.5.